The summed E-state index contributed by atoms with van der Waals surface area (Å²) in [7, 11) is 1.73. The molecule has 4 nitrogen and oxygen atoms in total. The van der Waals surface area contributed by atoms with Crippen LogP contribution in [0.4, 0.5) is 0 Å². The van der Waals surface area contributed by atoms with Gasteiger partial charge in [0.25, 0.3) is 5.56 Å². The maximum atomic E-state index is 11.8. The van der Waals surface area contributed by atoms with Gasteiger partial charge in [0.15, 0.2) is 5.16 Å². The summed E-state index contributed by atoms with van der Waals surface area (Å²) in [5.74, 6) is 0.721. The highest BCUT2D eigenvalue weighted by Gasteiger charge is 2.06. The van der Waals surface area contributed by atoms with Crippen LogP contribution in [0.25, 0.3) is 0 Å². The number of benzene rings is 1. The van der Waals surface area contributed by atoms with E-state index < -0.39 is 0 Å². The van der Waals surface area contributed by atoms with Crippen LogP contribution in [0.5, 0.6) is 0 Å². The molecule has 0 saturated heterocycles. The molecular weight excluding hydrogens is 270 g/mol. The highest BCUT2D eigenvalue weighted by atomic mass is 32.2. The Morgan fingerprint density at radius 3 is 2.65 bits per heavy atom. The van der Waals surface area contributed by atoms with Gasteiger partial charge in [0.2, 0.25) is 0 Å². The largest absolute Gasteiger partial charge is 0.291 e. The van der Waals surface area contributed by atoms with Gasteiger partial charge in [0.05, 0.1) is 11.6 Å². The Bertz CT molecular complexity index is 699. The van der Waals surface area contributed by atoms with Crippen LogP contribution in [0, 0.1) is 11.3 Å². The molecule has 0 N–H and O–H groups in total. The molecule has 0 aliphatic rings. The summed E-state index contributed by atoms with van der Waals surface area (Å²) in [4.78, 5) is 16.3. The van der Waals surface area contributed by atoms with Crippen LogP contribution >= 0.6 is 11.8 Å². The molecule has 2 aromatic rings. The number of thioether (sulfide) groups is 1. The maximum Gasteiger partial charge on any atom is 0.254 e. The van der Waals surface area contributed by atoms with Crippen LogP contribution in [0.2, 0.25) is 0 Å². The lowest BCUT2D eigenvalue weighted by Gasteiger charge is -2.08. The van der Waals surface area contributed by atoms with Crippen molar-refractivity contribution in [2.45, 2.75) is 24.3 Å². The van der Waals surface area contributed by atoms with E-state index in [-0.39, 0.29) is 5.56 Å². The van der Waals surface area contributed by atoms with Gasteiger partial charge in [-0.15, -0.1) is 0 Å². The van der Waals surface area contributed by atoms with Crippen molar-refractivity contribution in [3.63, 3.8) is 0 Å². The summed E-state index contributed by atoms with van der Waals surface area (Å²) in [5.41, 5.74) is 2.54. The molecule has 0 saturated carbocycles. The average molecular weight is 285 g/mol. The molecule has 1 aromatic carbocycles. The van der Waals surface area contributed by atoms with Crippen molar-refractivity contribution >= 4 is 11.8 Å². The zero-order valence-electron chi connectivity index (χ0n) is 11.5. The van der Waals surface area contributed by atoms with Crippen molar-refractivity contribution < 1.29 is 0 Å². The molecule has 0 aliphatic carbocycles. The lowest BCUT2D eigenvalue weighted by Crippen LogP contribution is -2.20. The zero-order valence-corrected chi connectivity index (χ0v) is 12.3. The first-order chi connectivity index (χ1) is 9.63. The standard InChI is InChI=1S/C15H15N3OS/c1-3-13-8-14(19)18(2)15(17-13)20-10-12-6-4-11(9-16)5-7-12/h4-8H,3,10H2,1-2H3. The number of hydrogen-bond acceptors (Lipinski definition) is 4. The predicted octanol–water partition coefficient (Wildman–Crippen LogP) is 2.51. The van der Waals surface area contributed by atoms with Gasteiger partial charge in [0, 0.05) is 24.6 Å². The van der Waals surface area contributed by atoms with E-state index in [1.807, 2.05) is 19.1 Å². The Balaban J connectivity index is 2.16. The van der Waals surface area contributed by atoms with Crippen molar-refractivity contribution in [3.05, 3.63) is 57.5 Å². The SMILES string of the molecule is CCc1cc(=O)n(C)c(SCc2ccc(C#N)cc2)n1. The zero-order chi connectivity index (χ0) is 14.5. The average Bonchev–Trinajstić information content (AvgIpc) is 2.49. The van der Waals surface area contributed by atoms with Gasteiger partial charge < -0.3 is 0 Å². The molecule has 0 radical (unpaired) electrons. The molecule has 1 heterocycles. The van der Waals surface area contributed by atoms with Gasteiger partial charge in [-0.05, 0) is 24.1 Å². The van der Waals surface area contributed by atoms with E-state index in [0.717, 1.165) is 28.6 Å². The first-order valence-electron chi connectivity index (χ1n) is 6.33. The summed E-state index contributed by atoms with van der Waals surface area (Å²) in [6, 6.07) is 11.1. The summed E-state index contributed by atoms with van der Waals surface area (Å²) >= 11 is 1.53. The number of aryl methyl sites for hydroxylation is 1. The highest BCUT2D eigenvalue weighted by Crippen LogP contribution is 2.20. The third-order valence-corrected chi connectivity index (χ3v) is 4.06. The lowest BCUT2D eigenvalue weighted by atomic mass is 10.2. The van der Waals surface area contributed by atoms with E-state index in [1.165, 1.54) is 11.8 Å². The Hall–Kier alpha value is -2.06. The van der Waals surface area contributed by atoms with E-state index in [1.54, 1.807) is 29.8 Å². The topological polar surface area (TPSA) is 58.7 Å². The molecular formula is C15H15N3OS. The molecule has 0 aliphatic heterocycles. The lowest BCUT2D eigenvalue weighted by molar-refractivity contribution is 0.690. The molecule has 0 spiro atoms. The van der Waals surface area contributed by atoms with Crippen LogP contribution in [-0.4, -0.2) is 9.55 Å². The molecule has 0 atom stereocenters. The molecule has 0 fully saturated rings. The van der Waals surface area contributed by atoms with Crippen molar-refractivity contribution in [2.75, 3.05) is 0 Å². The molecule has 102 valence electrons. The van der Waals surface area contributed by atoms with E-state index >= 15 is 0 Å². The summed E-state index contributed by atoms with van der Waals surface area (Å²) in [5, 5.41) is 9.48. The van der Waals surface area contributed by atoms with Crippen molar-refractivity contribution in [1.29, 1.82) is 5.26 Å². The van der Waals surface area contributed by atoms with E-state index in [0.29, 0.717) is 5.56 Å². The molecule has 2 rings (SSSR count). The molecule has 0 amide bonds. The first kappa shape index (κ1) is 14.4. The van der Waals surface area contributed by atoms with E-state index in [9.17, 15) is 4.79 Å². The minimum Gasteiger partial charge on any atom is -0.291 e. The smallest absolute Gasteiger partial charge is 0.254 e. The van der Waals surface area contributed by atoms with Gasteiger partial charge >= 0.3 is 0 Å². The number of hydrogen-bond donors (Lipinski definition) is 0. The number of nitriles is 1. The van der Waals surface area contributed by atoms with E-state index in [2.05, 4.69) is 11.1 Å². The fourth-order valence-electron chi connectivity index (χ4n) is 1.70. The normalized spacial score (nSPS) is 10.2. The minimum atomic E-state index is -0.0285. The minimum absolute atomic E-state index is 0.0285. The third kappa shape index (κ3) is 3.28. The van der Waals surface area contributed by atoms with Gasteiger partial charge in [-0.25, -0.2) is 4.98 Å². The van der Waals surface area contributed by atoms with Crippen LogP contribution < -0.4 is 5.56 Å². The maximum absolute atomic E-state index is 11.8. The Morgan fingerprint density at radius 1 is 1.35 bits per heavy atom. The molecule has 5 heteroatoms. The summed E-state index contributed by atoms with van der Waals surface area (Å²) < 4.78 is 1.56. The third-order valence-electron chi connectivity index (χ3n) is 2.96. The molecule has 1 aromatic heterocycles. The number of aromatic nitrogens is 2. The second kappa shape index (κ2) is 6.40. The monoisotopic (exact) mass is 285 g/mol. The second-order valence-electron chi connectivity index (χ2n) is 4.38. The molecule has 20 heavy (non-hydrogen) atoms. The van der Waals surface area contributed by atoms with Crippen LogP contribution in [0.1, 0.15) is 23.7 Å². The first-order valence-corrected chi connectivity index (χ1v) is 7.31. The molecule has 0 bridgehead atoms. The fraction of sp³-hybridized carbons (Fsp3) is 0.267. The highest BCUT2D eigenvalue weighted by molar-refractivity contribution is 7.98. The Kier molecular flexibility index (Phi) is 4.59. The quantitative estimate of drug-likeness (QED) is 0.639. The van der Waals surface area contributed by atoms with Crippen LogP contribution in [0.3, 0.4) is 0 Å². The van der Waals surface area contributed by atoms with Crippen LogP contribution in [-0.2, 0) is 19.2 Å². The van der Waals surface area contributed by atoms with Crippen molar-refractivity contribution in [3.8, 4) is 6.07 Å². The Morgan fingerprint density at radius 2 is 2.05 bits per heavy atom. The predicted molar refractivity (Wildman–Crippen MR) is 79.6 cm³/mol. The fourth-order valence-corrected chi connectivity index (χ4v) is 2.65. The number of rotatable bonds is 4. The number of nitrogens with zero attached hydrogens (tertiary/aromatic N) is 3. The Labute approximate surface area is 122 Å². The van der Waals surface area contributed by atoms with Gasteiger partial charge in [-0.3, -0.25) is 9.36 Å². The summed E-state index contributed by atoms with van der Waals surface area (Å²) in [6.45, 7) is 1.98. The van der Waals surface area contributed by atoms with Crippen molar-refractivity contribution in [2.24, 2.45) is 7.05 Å². The second-order valence-corrected chi connectivity index (χ2v) is 5.32. The molecule has 0 unspecified atom stereocenters. The summed E-state index contributed by atoms with van der Waals surface area (Å²) in [6.07, 6.45) is 0.751. The van der Waals surface area contributed by atoms with Gasteiger partial charge in [-0.2, -0.15) is 5.26 Å². The van der Waals surface area contributed by atoms with Crippen LogP contribution in [0.15, 0.2) is 40.3 Å². The van der Waals surface area contributed by atoms with Crippen molar-refractivity contribution in [1.82, 2.24) is 9.55 Å². The van der Waals surface area contributed by atoms with Gasteiger partial charge in [-0.1, -0.05) is 30.8 Å². The van der Waals surface area contributed by atoms with E-state index in [4.69, 9.17) is 5.26 Å². The van der Waals surface area contributed by atoms with Gasteiger partial charge in [0.1, 0.15) is 0 Å².